The van der Waals surface area contributed by atoms with Crippen molar-refractivity contribution in [1.29, 1.82) is 0 Å². The molecule has 1 amide bonds. The fourth-order valence-electron chi connectivity index (χ4n) is 4.43. The molecule has 0 saturated carbocycles. The van der Waals surface area contributed by atoms with Gasteiger partial charge < -0.3 is 21.1 Å². The molecule has 0 aromatic carbocycles. The van der Waals surface area contributed by atoms with Crippen LogP contribution in [0.5, 0.6) is 0 Å². The SMILES string of the molecule is CC/C=C\C/C=C\C/C=C\C/C=C\C/C=C\CC(=O)NC(COP(=O)(O)OCCN)C(O)/C=C/CCCCCCCCCCCC. The standard InChI is InChI=1S/C37H65N2O6P/c1-3-5-7-9-11-13-15-17-18-19-21-23-25-27-29-31-37(41)39-35(34-45-46(42,43)44-33-32-38)36(40)30-28-26-24-22-20-16-14-12-10-8-6-4-2/h5,7,11,13,17-18,21,23,27-30,35-36,40H,3-4,6,8-10,12,14-16,19-20,22,24-26,31-34,38H2,1-2H3,(H,39,41)(H,42,43)/b7-5-,13-11-,18-17-,23-21-,29-27-,30-28+. The molecule has 3 unspecified atom stereocenters. The number of aliphatic hydroxyl groups is 1. The van der Waals surface area contributed by atoms with Gasteiger partial charge in [-0.3, -0.25) is 13.8 Å². The van der Waals surface area contributed by atoms with E-state index in [1.165, 1.54) is 51.4 Å². The Morgan fingerprint density at radius 1 is 0.739 bits per heavy atom. The van der Waals surface area contributed by atoms with Gasteiger partial charge in [0.1, 0.15) is 0 Å². The second-order valence-electron chi connectivity index (χ2n) is 11.4. The molecule has 9 heteroatoms. The number of nitrogens with two attached hydrogens (primary N) is 1. The first-order valence-corrected chi connectivity index (χ1v) is 19.1. The van der Waals surface area contributed by atoms with E-state index in [0.29, 0.717) is 6.42 Å². The first-order valence-electron chi connectivity index (χ1n) is 17.6. The highest BCUT2D eigenvalue weighted by Gasteiger charge is 2.26. The van der Waals surface area contributed by atoms with Gasteiger partial charge in [0, 0.05) is 13.0 Å². The van der Waals surface area contributed by atoms with Gasteiger partial charge in [0.15, 0.2) is 0 Å². The van der Waals surface area contributed by atoms with Crippen LogP contribution in [0.3, 0.4) is 0 Å². The molecule has 0 aliphatic carbocycles. The number of phosphoric ester groups is 1. The summed E-state index contributed by atoms with van der Waals surface area (Å²) in [5, 5.41) is 13.5. The Kier molecular flexibility index (Phi) is 31.4. The lowest BCUT2D eigenvalue weighted by atomic mass is 10.1. The fraction of sp³-hybridized carbons (Fsp3) is 0.649. The molecule has 8 nitrogen and oxygen atoms in total. The minimum absolute atomic E-state index is 0.0612. The van der Waals surface area contributed by atoms with Crippen molar-refractivity contribution in [2.45, 2.75) is 135 Å². The Bertz CT molecular complexity index is 944. The number of phosphoric acid groups is 1. The topological polar surface area (TPSA) is 131 Å². The van der Waals surface area contributed by atoms with Crippen molar-refractivity contribution >= 4 is 13.7 Å². The van der Waals surface area contributed by atoms with Crippen molar-refractivity contribution in [2.24, 2.45) is 5.73 Å². The molecule has 5 N–H and O–H groups in total. The van der Waals surface area contributed by atoms with E-state index in [-0.39, 0.29) is 32.1 Å². The van der Waals surface area contributed by atoms with Gasteiger partial charge in [-0.1, -0.05) is 145 Å². The van der Waals surface area contributed by atoms with Gasteiger partial charge in [-0.15, -0.1) is 0 Å². The van der Waals surface area contributed by atoms with Crippen LogP contribution in [0.15, 0.2) is 72.9 Å². The Morgan fingerprint density at radius 2 is 1.24 bits per heavy atom. The molecule has 0 rings (SSSR count). The van der Waals surface area contributed by atoms with Gasteiger partial charge >= 0.3 is 7.82 Å². The highest BCUT2D eigenvalue weighted by atomic mass is 31.2. The van der Waals surface area contributed by atoms with E-state index >= 15 is 0 Å². The van der Waals surface area contributed by atoms with Crippen molar-refractivity contribution in [1.82, 2.24) is 5.32 Å². The number of carbonyl (C=O) groups excluding carboxylic acids is 1. The summed E-state index contributed by atoms with van der Waals surface area (Å²) in [5.74, 6) is -0.326. The molecule has 0 aromatic heterocycles. The van der Waals surface area contributed by atoms with Crippen LogP contribution >= 0.6 is 7.82 Å². The highest BCUT2D eigenvalue weighted by molar-refractivity contribution is 7.47. The number of aliphatic hydroxyl groups excluding tert-OH is 1. The van der Waals surface area contributed by atoms with Gasteiger partial charge in [0.05, 0.1) is 25.4 Å². The molecule has 46 heavy (non-hydrogen) atoms. The minimum atomic E-state index is -4.36. The van der Waals surface area contributed by atoms with E-state index in [4.69, 9.17) is 14.8 Å². The van der Waals surface area contributed by atoms with Crippen LogP contribution in [-0.4, -0.2) is 47.8 Å². The molecule has 0 aliphatic heterocycles. The normalized spacial score (nSPS) is 15.3. The number of hydrogen-bond donors (Lipinski definition) is 4. The quantitative estimate of drug-likeness (QED) is 0.0331. The number of hydrogen-bond acceptors (Lipinski definition) is 6. The molecule has 0 bridgehead atoms. The summed E-state index contributed by atoms with van der Waals surface area (Å²) >= 11 is 0. The van der Waals surface area contributed by atoms with Crippen LogP contribution in [0.2, 0.25) is 0 Å². The summed E-state index contributed by atoms with van der Waals surface area (Å²) in [6, 6.07) is -0.916. The third-order valence-electron chi connectivity index (χ3n) is 7.07. The van der Waals surface area contributed by atoms with Gasteiger partial charge in [0.25, 0.3) is 0 Å². The largest absolute Gasteiger partial charge is 0.472 e. The molecule has 3 atom stereocenters. The molecule has 0 radical (unpaired) electrons. The van der Waals surface area contributed by atoms with Crippen LogP contribution in [-0.2, 0) is 18.4 Å². The summed E-state index contributed by atoms with van der Waals surface area (Å²) in [5.41, 5.74) is 5.33. The third kappa shape index (κ3) is 30.6. The monoisotopic (exact) mass is 664 g/mol. The lowest BCUT2D eigenvalue weighted by Gasteiger charge is -2.23. The molecular weight excluding hydrogens is 599 g/mol. The molecule has 0 spiro atoms. The molecular formula is C37H65N2O6P. The molecule has 0 fully saturated rings. The van der Waals surface area contributed by atoms with Crippen molar-refractivity contribution in [3.63, 3.8) is 0 Å². The number of amides is 1. The van der Waals surface area contributed by atoms with Crippen molar-refractivity contribution in [3.05, 3.63) is 72.9 Å². The minimum Gasteiger partial charge on any atom is -0.387 e. The summed E-state index contributed by atoms with van der Waals surface area (Å²) in [4.78, 5) is 22.5. The maximum Gasteiger partial charge on any atom is 0.472 e. The average molecular weight is 665 g/mol. The first-order chi connectivity index (χ1) is 22.4. The molecule has 0 saturated heterocycles. The molecule has 264 valence electrons. The van der Waals surface area contributed by atoms with E-state index in [1.807, 2.05) is 18.2 Å². The van der Waals surface area contributed by atoms with Gasteiger partial charge in [-0.25, -0.2) is 4.57 Å². The van der Waals surface area contributed by atoms with Crippen molar-refractivity contribution in [2.75, 3.05) is 19.8 Å². The van der Waals surface area contributed by atoms with Crippen LogP contribution in [0.25, 0.3) is 0 Å². The Morgan fingerprint density at radius 3 is 1.76 bits per heavy atom. The van der Waals surface area contributed by atoms with Crippen LogP contribution < -0.4 is 11.1 Å². The summed E-state index contributed by atoms with van der Waals surface area (Å²) in [7, 11) is -4.36. The lowest BCUT2D eigenvalue weighted by Crippen LogP contribution is -2.45. The number of carbonyl (C=O) groups is 1. The second-order valence-corrected chi connectivity index (χ2v) is 12.8. The number of allylic oxidation sites excluding steroid dienone is 10. The zero-order chi connectivity index (χ0) is 34.0. The Hall–Kier alpha value is -2.06. The number of nitrogens with one attached hydrogen (secondary N) is 1. The van der Waals surface area contributed by atoms with E-state index in [2.05, 4.69) is 61.7 Å². The summed E-state index contributed by atoms with van der Waals surface area (Å²) in [6.45, 7) is 3.89. The van der Waals surface area contributed by atoms with Crippen LogP contribution in [0.4, 0.5) is 0 Å². The second kappa shape index (κ2) is 32.9. The lowest BCUT2D eigenvalue weighted by molar-refractivity contribution is -0.122. The Labute approximate surface area is 280 Å². The van der Waals surface area contributed by atoms with Crippen LogP contribution in [0.1, 0.15) is 123 Å². The smallest absolute Gasteiger partial charge is 0.387 e. The summed E-state index contributed by atoms with van der Waals surface area (Å²) in [6.07, 6.45) is 41.2. The zero-order valence-corrected chi connectivity index (χ0v) is 29.7. The number of unbranched alkanes of at least 4 members (excludes halogenated alkanes) is 10. The van der Waals surface area contributed by atoms with E-state index < -0.39 is 20.0 Å². The van der Waals surface area contributed by atoms with Crippen LogP contribution in [0, 0.1) is 0 Å². The Balaban J connectivity index is 4.56. The van der Waals surface area contributed by atoms with E-state index in [9.17, 15) is 19.4 Å². The van der Waals surface area contributed by atoms with Crippen molar-refractivity contribution < 1.29 is 28.4 Å². The van der Waals surface area contributed by atoms with E-state index in [0.717, 1.165) is 44.9 Å². The molecule has 0 heterocycles. The highest BCUT2D eigenvalue weighted by Crippen LogP contribution is 2.43. The number of rotatable bonds is 31. The van der Waals surface area contributed by atoms with Crippen molar-refractivity contribution in [3.8, 4) is 0 Å². The average Bonchev–Trinajstić information content (AvgIpc) is 3.04. The van der Waals surface area contributed by atoms with Gasteiger partial charge in [-0.05, 0) is 44.9 Å². The maximum atomic E-state index is 12.6. The molecule has 0 aromatic rings. The summed E-state index contributed by atoms with van der Waals surface area (Å²) < 4.78 is 21.9. The van der Waals surface area contributed by atoms with E-state index in [1.54, 1.807) is 12.2 Å². The zero-order valence-electron chi connectivity index (χ0n) is 28.8. The predicted molar refractivity (Wildman–Crippen MR) is 193 cm³/mol. The third-order valence-corrected chi connectivity index (χ3v) is 8.05. The molecule has 0 aliphatic rings. The maximum absolute atomic E-state index is 12.6. The predicted octanol–water partition coefficient (Wildman–Crippen LogP) is 8.93. The van der Waals surface area contributed by atoms with Gasteiger partial charge in [-0.2, -0.15) is 0 Å². The fourth-order valence-corrected chi connectivity index (χ4v) is 5.19. The first kappa shape index (κ1) is 43.9. The van der Waals surface area contributed by atoms with Gasteiger partial charge in [0.2, 0.25) is 5.91 Å².